The van der Waals surface area contributed by atoms with Crippen LogP contribution in [0.2, 0.25) is 0 Å². The van der Waals surface area contributed by atoms with Gasteiger partial charge in [-0.1, -0.05) is 13.8 Å². The monoisotopic (exact) mass is 158 g/mol. The van der Waals surface area contributed by atoms with Gasteiger partial charge < -0.3 is 0 Å². The molecule has 0 spiro atoms. The first kappa shape index (κ1) is 7.54. The maximum absolute atomic E-state index is 10.8. The summed E-state index contributed by atoms with van der Waals surface area (Å²) in [4.78, 5) is 0. The number of allylic oxidation sites excluding steroid dienone is 2. The molecule has 0 radical (unpaired) electrons. The summed E-state index contributed by atoms with van der Waals surface area (Å²) in [5, 5.41) is 2.56. The summed E-state index contributed by atoms with van der Waals surface area (Å²) in [7, 11) is -2.98. The average molecular weight is 158 g/mol. The molecule has 3 heteroatoms. The molecule has 10 heavy (non-hydrogen) atoms. The Morgan fingerprint density at radius 3 is 2.20 bits per heavy atom. The highest BCUT2D eigenvalue weighted by Crippen LogP contribution is 2.19. The standard InChI is InChI=1S/C7H10O2S/c1-6(2)7-3-4-10(8,9)5-7/h3-6H,1-2H3. The second kappa shape index (κ2) is 2.23. The zero-order valence-corrected chi connectivity index (χ0v) is 6.85. The maximum atomic E-state index is 10.8. The molecule has 1 aliphatic heterocycles. The second-order valence-corrected chi connectivity index (χ2v) is 4.35. The van der Waals surface area contributed by atoms with Crippen LogP contribution in [0.1, 0.15) is 13.8 Å². The van der Waals surface area contributed by atoms with E-state index in [0.717, 1.165) is 5.57 Å². The minimum absolute atomic E-state index is 0.300. The summed E-state index contributed by atoms with van der Waals surface area (Å²) < 4.78 is 21.6. The van der Waals surface area contributed by atoms with E-state index in [1.54, 1.807) is 6.08 Å². The van der Waals surface area contributed by atoms with E-state index in [-0.39, 0.29) is 0 Å². The number of hydrogen-bond acceptors (Lipinski definition) is 2. The van der Waals surface area contributed by atoms with Crippen molar-refractivity contribution in [1.29, 1.82) is 0 Å². The molecule has 0 aliphatic carbocycles. The van der Waals surface area contributed by atoms with Gasteiger partial charge in [0.15, 0.2) is 9.84 Å². The van der Waals surface area contributed by atoms with E-state index < -0.39 is 9.84 Å². The molecule has 0 atom stereocenters. The summed E-state index contributed by atoms with van der Waals surface area (Å²) in [5.41, 5.74) is 0.889. The minimum atomic E-state index is -2.98. The van der Waals surface area contributed by atoms with Gasteiger partial charge >= 0.3 is 0 Å². The molecule has 1 aliphatic rings. The fraction of sp³-hybridized carbons (Fsp3) is 0.429. The third-order valence-electron chi connectivity index (χ3n) is 1.42. The highest BCUT2D eigenvalue weighted by molar-refractivity contribution is 7.97. The Morgan fingerprint density at radius 2 is 2.00 bits per heavy atom. The van der Waals surface area contributed by atoms with Gasteiger partial charge in [-0.3, -0.25) is 0 Å². The van der Waals surface area contributed by atoms with Crippen LogP contribution in [-0.4, -0.2) is 8.42 Å². The van der Waals surface area contributed by atoms with Gasteiger partial charge in [-0.25, -0.2) is 8.42 Å². The van der Waals surface area contributed by atoms with Crippen LogP contribution >= 0.6 is 0 Å². The van der Waals surface area contributed by atoms with Gasteiger partial charge in [-0.2, -0.15) is 0 Å². The zero-order valence-electron chi connectivity index (χ0n) is 6.03. The molecule has 0 unspecified atom stereocenters. The van der Waals surface area contributed by atoms with Crippen molar-refractivity contribution in [3.63, 3.8) is 0 Å². The van der Waals surface area contributed by atoms with E-state index in [9.17, 15) is 8.42 Å². The summed E-state index contributed by atoms with van der Waals surface area (Å²) in [6, 6.07) is 0. The van der Waals surface area contributed by atoms with Gasteiger partial charge in [-0.15, -0.1) is 0 Å². The van der Waals surface area contributed by atoms with Crippen LogP contribution in [0, 0.1) is 5.92 Å². The SMILES string of the molecule is CC(C)C1=CS(=O)(=O)C=C1. The number of rotatable bonds is 1. The first-order valence-corrected chi connectivity index (χ1v) is 4.77. The number of sulfone groups is 1. The van der Waals surface area contributed by atoms with Gasteiger partial charge in [0.05, 0.1) is 0 Å². The molecule has 1 heterocycles. The van der Waals surface area contributed by atoms with Gasteiger partial charge in [0, 0.05) is 10.8 Å². The van der Waals surface area contributed by atoms with E-state index >= 15 is 0 Å². The van der Waals surface area contributed by atoms with Crippen molar-refractivity contribution in [2.75, 3.05) is 0 Å². The van der Waals surface area contributed by atoms with E-state index in [1.165, 1.54) is 10.8 Å². The first-order valence-electron chi connectivity index (χ1n) is 3.16. The third-order valence-corrected chi connectivity index (χ3v) is 2.53. The molecule has 0 amide bonds. The molecular formula is C7H10O2S. The van der Waals surface area contributed by atoms with Crippen LogP contribution in [0.3, 0.4) is 0 Å². The van der Waals surface area contributed by atoms with Crippen molar-refractivity contribution in [3.8, 4) is 0 Å². The van der Waals surface area contributed by atoms with E-state index in [1.807, 2.05) is 13.8 Å². The molecule has 0 fully saturated rings. The lowest BCUT2D eigenvalue weighted by Crippen LogP contribution is -1.88. The Labute approximate surface area is 61.2 Å². The third kappa shape index (κ3) is 1.48. The van der Waals surface area contributed by atoms with E-state index in [4.69, 9.17) is 0 Å². The largest absolute Gasteiger partial charge is 0.220 e. The van der Waals surface area contributed by atoms with Crippen LogP contribution in [0.15, 0.2) is 22.5 Å². The Bertz CT molecular complexity index is 281. The molecule has 0 saturated carbocycles. The predicted octanol–water partition coefficient (Wildman–Crippen LogP) is 1.47. The lowest BCUT2D eigenvalue weighted by molar-refractivity contribution is 0.613. The van der Waals surface area contributed by atoms with Gasteiger partial charge in [0.2, 0.25) is 0 Å². The Kier molecular flexibility index (Phi) is 1.68. The fourth-order valence-corrected chi connectivity index (χ4v) is 1.93. The first-order chi connectivity index (χ1) is 4.51. The van der Waals surface area contributed by atoms with Crippen LogP contribution in [0.25, 0.3) is 0 Å². The molecule has 0 saturated heterocycles. The summed E-state index contributed by atoms with van der Waals surface area (Å²) in [6.07, 6.45) is 1.65. The van der Waals surface area contributed by atoms with Gasteiger partial charge in [0.1, 0.15) is 0 Å². The molecule has 0 bridgehead atoms. The molecule has 56 valence electrons. The fourth-order valence-electron chi connectivity index (χ4n) is 0.770. The zero-order chi connectivity index (χ0) is 7.78. The topological polar surface area (TPSA) is 34.1 Å². The van der Waals surface area contributed by atoms with Crippen molar-refractivity contribution < 1.29 is 8.42 Å². The van der Waals surface area contributed by atoms with Crippen LogP contribution in [0.5, 0.6) is 0 Å². The van der Waals surface area contributed by atoms with Crippen LogP contribution in [0.4, 0.5) is 0 Å². The van der Waals surface area contributed by atoms with Crippen molar-refractivity contribution in [1.82, 2.24) is 0 Å². The quantitative estimate of drug-likeness (QED) is 0.579. The Balaban J connectivity index is 3.00. The van der Waals surface area contributed by atoms with Crippen molar-refractivity contribution in [2.45, 2.75) is 13.8 Å². The number of hydrogen-bond donors (Lipinski definition) is 0. The van der Waals surface area contributed by atoms with Crippen molar-refractivity contribution in [3.05, 3.63) is 22.5 Å². The molecule has 2 nitrogen and oxygen atoms in total. The lowest BCUT2D eigenvalue weighted by atomic mass is 10.1. The average Bonchev–Trinajstić information content (AvgIpc) is 2.10. The maximum Gasteiger partial charge on any atom is 0.193 e. The normalized spacial score (nSPS) is 21.7. The van der Waals surface area contributed by atoms with E-state index in [0.29, 0.717) is 5.92 Å². The molecule has 0 aromatic heterocycles. The lowest BCUT2D eigenvalue weighted by Gasteiger charge is -1.99. The van der Waals surface area contributed by atoms with Crippen LogP contribution < -0.4 is 0 Å². The molecule has 0 N–H and O–H groups in total. The summed E-state index contributed by atoms with van der Waals surface area (Å²) >= 11 is 0. The molecule has 0 aromatic carbocycles. The van der Waals surface area contributed by atoms with Gasteiger partial charge in [-0.05, 0) is 17.6 Å². The van der Waals surface area contributed by atoms with Crippen molar-refractivity contribution >= 4 is 9.84 Å². The molecular weight excluding hydrogens is 148 g/mol. The van der Waals surface area contributed by atoms with Crippen molar-refractivity contribution in [2.24, 2.45) is 5.92 Å². The Morgan fingerprint density at radius 1 is 1.40 bits per heavy atom. The highest BCUT2D eigenvalue weighted by Gasteiger charge is 2.12. The highest BCUT2D eigenvalue weighted by atomic mass is 32.2. The van der Waals surface area contributed by atoms with Crippen LogP contribution in [-0.2, 0) is 9.84 Å². The summed E-state index contributed by atoms with van der Waals surface area (Å²) in [6.45, 7) is 3.94. The molecule has 0 aromatic rings. The predicted molar refractivity (Wildman–Crippen MR) is 41.0 cm³/mol. The molecule has 1 rings (SSSR count). The van der Waals surface area contributed by atoms with Gasteiger partial charge in [0.25, 0.3) is 0 Å². The minimum Gasteiger partial charge on any atom is -0.220 e. The second-order valence-electron chi connectivity index (χ2n) is 2.66. The summed E-state index contributed by atoms with van der Waals surface area (Å²) in [5.74, 6) is 0.300. The smallest absolute Gasteiger partial charge is 0.193 e. The van der Waals surface area contributed by atoms with E-state index in [2.05, 4.69) is 0 Å². The Hall–Kier alpha value is -0.570.